The summed E-state index contributed by atoms with van der Waals surface area (Å²) in [7, 11) is -3.88. The number of benzene rings is 1. The largest absolute Gasteiger partial charge is 0.466 e. The van der Waals surface area contributed by atoms with Gasteiger partial charge >= 0.3 is 5.97 Å². The standard InChI is InChI=1S/C15H17FN2O4S/c1-2-22-15(19)11-4-3-7-18(10-11)23(20,21)13-5-6-14(16)12(8-13)9-17/h5-6,8,11H,2-4,7,10H2,1H3. The zero-order valence-electron chi connectivity index (χ0n) is 12.7. The van der Waals surface area contributed by atoms with E-state index in [4.69, 9.17) is 10.00 Å². The highest BCUT2D eigenvalue weighted by Crippen LogP contribution is 2.25. The predicted octanol–water partition coefficient (Wildman–Crippen LogP) is 1.66. The quantitative estimate of drug-likeness (QED) is 0.778. The molecule has 0 radical (unpaired) electrons. The van der Waals surface area contributed by atoms with Gasteiger partial charge in [0.1, 0.15) is 11.9 Å². The van der Waals surface area contributed by atoms with Gasteiger partial charge in [0.15, 0.2) is 0 Å². The lowest BCUT2D eigenvalue weighted by Gasteiger charge is -2.30. The summed E-state index contributed by atoms with van der Waals surface area (Å²) in [6.07, 6.45) is 1.10. The highest BCUT2D eigenvalue weighted by molar-refractivity contribution is 7.89. The molecule has 1 aromatic rings. The Morgan fingerprint density at radius 1 is 1.52 bits per heavy atom. The van der Waals surface area contributed by atoms with E-state index in [2.05, 4.69) is 0 Å². The molecule has 0 bridgehead atoms. The van der Waals surface area contributed by atoms with Crippen molar-refractivity contribution in [2.45, 2.75) is 24.7 Å². The van der Waals surface area contributed by atoms with Gasteiger partial charge in [-0.1, -0.05) is 0 Å². The molecular formula is C15H17FN2O4S. The lowest BCUT2D eigenvalue weighted by atomic mass is 10.0. The maximum Gasteiger partial charge on any atom is 0.310 e. The second-order valence-corrected chi connectivity index (χ2v) is 7.15. The number of ether oxygens (including phenoxy) is 1. The fourth-order valence-corrected chi connectivity index (χ4v) is 4.06. The third kappa shape index (κ3) is 3.68. The number of hydrogen-bond donors (Lipinski definition) is 0. The number of carbonyl (C=O) groups is 1. The van der Waals surface area contributed by atoms with E-state index in [1.807, 2.05) is 0 Å². The smallest absolute Gasteiger partial charge is 0.310 e. The van der Waals surface area contributed by atoms with Crippen LogP contribution in [0.3, 0.4) is 0 Å². The molecule has 0 N–H and O–H groups in total. The first-order valence-electron chi connectivity index (χ1n) is 7.26. The first-order chi connectivity index (χ1) is 10.9. The van der Waals surface area contributed by atoms with Gasteiger partial charge in [0.2, 0.25) is 10.0 Å². The second kappa shape index (κ2) is 7.06. The molecule has 0 amide bonds. The number of piperidine rings is 1. The summed E-state index contributed by atoms with van der Waals surface area (Å²) in [4.78, 5) is 11.7. The van der Waals surface area contributed by atoms with E-state index in [-0.39, 0.29) is 30.2 Å². The molecule has 1 saturated heterocycles. The Labute approximate surface area is 134 Å². The molecule has 0 spiro atoms. The molecule has 1 unspecified atom stereocenters. The van der Waals surface area contributed by atoms with Crippen LogP contribution in [-0.4, -0.2) is 38.4 Å². The number of rotatable bonds is 4. The minimum absolute atomic E-state index is 0.0282. The molecule has 0 aromatic heterocycles. The molecule has 0 saturated carbocycles. The van der Waals surface area contributed by atoms with E-state index in [9.17, 15) is 17.6 Å². The van der Waals surface area contributed by atoms with Gasteiger partial charge in [0.05, 0.1) is 23.0 Å². The molecule has 0 aliphatic carbocycles. The van der Waals surface area contributed by atoms with Crippen LogP contribution >= 0.6 is 0 Å². The van der Waals surface area contributed by atoms with Crippen molar-refractivity contribution in [2.24, 2.45) is 5.92 Å². The van der Waals surface area contributed by atoms with Crippen molar-refractivity contribution >= 4 is 16.0 Å². The molecule has 2 rings (SSSR count). The molecule has 1 aliphatic rings. The Hall–Kier alpha value is -1.98. The van der Waals surface area contributed by atoms with Crippen molar-refractivity contribution in [3.05, 3.63) is 29.6 Å². The highest BCUT2D eigenvalue weighted by atomic mass is 32.2. The van der Waals surface area contributed by atoms with Crippen LogP contribution in [0.25, 0.3) is 0 Å². The summed E-state index contributed by atoms with van der Waals surface area (Å²) in [5.41, 5.74) is -0.329. The van der Waals surface area contributed by atoms with Gasteiger partial charge < -0.3 is 4.74 Å². The topological polar surface area (TPSA) is 87.5 Å². The second-order valence-electron chi connectivity index (χ2n) is 5.21. The summed E-state index contributed by atoms with van der Waals surface area (Å²) < 4.78 is 44.8. The van der Waals surface area contributed by atoms with Crippen LogP contribution in [0.5, 0.6) is 0 Å². The Morgan fingerprint density at radius 2 is 2.26 bits per heavy atom. The average molecular weight is 340 g/mol. The summed E-state index contributed by atoms with van der Waals surface area (Å²) >= 11 is 0. The number of esters is 1. The lowest BCUT2D eigenvalue weighted by Crippen LogP contribution is -2.42. The number of halogens is 1. The highest BCUT2D eigenvalue weighted by Gasteiger charge is 2.34. The van der Waals surface area contributed by atoms with Gasteiger partial charge in [-0.2, -0.15) is 9.57 Å². The third-order valence-corrected chi connectivity index (χ3v) is 5.56. The molecule has 1 fully saturated rings. The minimum atomic E-state index is -3.88. The number of hydrogen-bond acceptors (Lipinski definition) is 5. The maximum absolute atomic E-state index is 13.4. The van der Waals surface area contributed by atoms with E-state index in [0.717, 1.165) is 18.2 Å². The molecule has 6 nitrogen and oxygen atoms in total. The van der Waals surface area contributed by atoms with E-state index in [0.29, 0.717) is 12.8 Å². The average Bonchev–Trinajstić information content (AvgIpc) is 2.55. The van der Waals surface area contributed by atoms with Crippen LogP contribution in [0.1, 0.15) is 25.3 Å². The molecule has 1 heterocycles. The molecule has 1 atom stereocenters. The SMILES string of the molecule is CCOC(=O)C1CCCN(S(=O)(=O)c2ccc(F)c(C#N)c2)C1. The number of nitriles is 1. The van der Waals surface area contributed by atoms with Gasteiger partial charge in [-0.05, 0) is 38.0 Å². The van der Waals surface area contributed by atoms with Gasteiger partial charge in [-0.15, -0.1) is 0 Å². The molecule has 1 aromatic carbocycles. The van der Waals surface area contributed by atoms with Crippen LogP contribution in [0.15, 0.2) is 23.1 Å². The Kier molecular flexibility index (Phi) is 5.34. The summed E-state index contributed by atoms with van der Waals surface area (Å²) in [6, 6.07) is 4.72. The van der Waals surface area contributed by atoms with Crippen LogP contribution in [0.4, 0.5) is 4.39 Å². The van der Waals surface area contributed by atoms with Crippen LogP contribution in [-0.2, 0) is 19.6 Å². The van der Waals surface area contributed by atoms with Crippen LogP contribution in [0, 0.1) is 23.1 Å². The zero-order valence-corrected chi connectivity index (χ0v) is 13.5. The van der Waals surface area contributed by atoms with Crippen molar-refractivity contribution in [3.63, 3.8) is 0 Å². The zero-order chi connectivity index (χ0) is 17.0. The fourth-order valence-electron chi connectivity index (χ4n) is 2.51. The van der Waals surface area contributed by atoms with E-state index in [1.54, 1.807) is 13.0 Å². The molecule has 23 heavy (non-hydrogen) atoms. The Bertz CT molecular complexity index is 742. The van der Waals surface area contributed by atoms with Crippen molar-refractivity contribution in [1.82, 2.24) is 4.31 Å². The monoisotopic (exact) mass is 340 g/mol. The summed E-state index contributed by atoms with van der Waals surface area (Å²) in [6.45, 7) is 2.24. The number of sulfonamides is 1. The van der Waals surface area contributed by atoms with Crippen molar-refractivity contribution in [2.75, 3.05) is 19.7 Å². The minimum Gasteiger partial charge on any atom is -0.466 e. The van der Waals surface area contributed by atoms with E-state index >= 15 is 0 Å². The lowest BCUT2D eigenvalue weighted by molar-refractivity contribution is -0.149. The first-order valence-corrected chi connectivity index (χ1v) is 8.70. The van der Waals surface area contributed by atoms with E-state index in [1.165, 1.54) is 4.31 Å². The molecule has 1 aliphatic heterocycles. The normalized spacial score (nSPS) is 19.1. The van der Waals surface area contributed by atoms with Gasteiger partial charge in [-0.25, -0.2) is 12.8 Å². The summed E-state index contributed by atoms with van der Waals surface area (Å²) in [5.74, 6) is -1.69. The summed E-state index contributed by atoms with van der Waals surface area (Å²) in [5, 5.41) is 8.83. The Balaban J connectivity index is 2.25. The van der Waals surface area contributed by atoms with Crippen molar-refractivity contribution < 1.29 is 22.3 Å². The maximum atomic E-state index is 13.4. The van der Waals surface area contributed by atoms with Crippen molar-refractivity contribution in [1.29, 1.82) is 5.26 Å². The first kappa shape index (κ1) is 17.4. The van der Waals surface area contributed by atoms with E-state index < -0.39 is 27.7 Å². The van der Waals surface area contributed by atoms with Crippen molar-refractivity contribution in [3.8, 4) is 6.07 Å². The molecule has 8 heteroatoms. The third-order valence-electron chi connectivity index (χ3n) is 3.70. The molecule has 124 valence electrons. The molecular weight excluding hydrogens is 323 g/mol. The fraction of sp³-hybridized carbons (Fsp3) is 0.467. The predicted molar refractivity (Wildman–Crippen MR) is 79.2 cm³/mol. The van der Waals surface area contributed by atoms with Gasteiger partial charge in [0, 0.05) is 13.1 Å². The van der Waals surface area contributed by atoms with Gasteiger partial charge in [0.25, 0.3) is 0 Å². The Morgan fingerprint density at radius 3 is 2.91 bits per heavy atom. The van der Waals surface area contributed by atoms with Crippen LogP contribution in [0.2, 0.25) is 0 Å². The van der Waals surface area contributed by atoms with Gasteiger partial charge in [-0.3, -0.25) is 4.79 Å². The number of nitrogens with zero attached hydrogens (tertiary/aromatic N) is 2. The van der Waals surface area contributed by atoms with Crippen LogP contribution < -0.4 is 0 Å². The number of carbonyl (C=O) groups excluding carboxylic acids is 1.